The first kappa shape index (κ1) is 13.4. The topological polar surface area (TPSA) is 21.3 Å². The van der Waals surface area contributed by atoms with Gasteiger partial charge in [-0.05, 0) is 63.1 Å². The molecule has 2 nitrogen and oxygen atoms in total. The Balaban J connectivity index is 1.95. The predicted octanol–water partition coefficient (Wildman–Crippen LogP) is 3.41. The number of ether oxygens (including phenoxy) is 1. The van der Waals surface area contributed by atoms with Crippen LogP contribution >= 0.6 is 0 Å². The molecule has 100 valence electrons. The minimum absolute atomic E-state index is 0.212. The number of hydrogen-bond donors (Lipinski definition) is 1. The fourth-order valence-electron chi connectivity index (χ4n) is 2.26. The Morgan fingerprint density at radius 3 is 2.56 bits per heavy atom. The molecule has 0 aliphatic heterocycles. The van der Waals surface area contributed by atoms with Gasteiger partial charge in [-0.15, -0.1) is 0 Å². The highest BCUT2D eigenvalue weighted by atomic mass is 16.5. The third-order valence-corrected chi connectivity index (χ3v) is 3.66. The number of hydrogen-bond acceptors (Lipinski definition) is 2. The summed E-state index contributed by atoms with van der Waals surface area (Å²) in [7, 11) is 1.73. The van der Waals surface area contributed by atoms with Crippen LogP contribution < -0.4 is 10.1 Å². The Kier molecular flexibility index (Phi) is 3.67. The van der Waals surface area contributed by atoms with E-state index in [4.69, 9.17) is 4.74 Å². The van der Waals surface area contributed by atoms with Crippen LogP contribution in [-0.2, 0) is 6.42 Å². The molecule has 1 saturated carbocycles. The van der Waals surface area contributed by atoms with Crippen LogP contribution in [0.5, 0.6) is 5.75 Å². The van der Waals surface area contributed by atoms with Gasteiger partial charge < -0.3 is 10.1 Å². The molecule has 0 atom stereocenters. The lowest BCUT2D eigenvalue weighted by atomic mass is 9.95. The number of methoxy groups -OCH3 is 1. The van der Waals surface area contributed by atoms with E-state index in [1.54, 1.807) is 7.11 Å². The van der Waals surface area contributed by atoms with Gasteiger partial charge in [-0.3, -0.25) is 0 Å². The van der Waals surface area contributed by atoms with Crippen LogP contribution in [0.3, 0.4) is 0 Å². The molecule has 1 fully saturated rings. The van der Waals surface area contributed by atoms with Gasteiger partial charge in [-0.25, -0.2) is 0 Å². The molecule has 2 heteroatoms. The standard InChI is InChI=1S/C16H25NO/c1-15(2,3)17-12-16(8-9-16)11-13-6-5-7-14(10-13)18-4/h5-7,10,17H,8-9,11-12H2,1-4H3. The first-order valence-electron chi connectivity index (χ1n) is 6.81. The summed E-state index contributed by atoms with van der Waals surface area (Å²) in [5.74, 6) is 0.965. The van der Waals surface area contributed by atoms with E-state index in [-0.39, 0.29) is 5.54 Å². The van der Waals surface area contributed by atoms with Crippen LogP contribution in [0.4, 0.5) is 0 Å². The summed E-state index contributed by atoms with van der Waals surface area (Å²) in [4.78, 5) is 0. The molecule has 0 aromatic heterocycles. The van der Waals surface area contributed by atoms with Crippen LogP contribution in [0.25, 0.3) is 0 Å². The molecule has 1 aromatic carbocycles. The number of benzene rings is 1. The molecule has 1 aromatic rings. The van der Waals surface area contributed by atoms with Gasteiger partial charge in [0.1, 0.15) is 5.75 Å². The van der Waals surface area contributed by atoms with Crippen molar-refractivity contribution >= 4 is 0 Å². The molecule has 2 rings (SSSR count). The molecule has 0 spiro atoms. The first-order chi connectivity index (χ1) is 8.42. The fourth-order valence-corrected chi connectivity index (χ4v) is 2.26. The third-order valence-electron chi connectivity index (χ3n) is 3.66. The molecule has 0 radical (unpaired) electrons. The fraction of sp³-hybridized carbons (Fsp3) is 0.625. The molecule has 0 heterocycles. The summed E-state index contributed by atoms with van der Waals surface area (Å²) in [5.41, 5.74) is 2.09. The molecule has 0 saturated heterocycles. The second-order valence-electron chi connectivity index (χ2n) is 6.63. The van der Waals surface area contributed by atoms with Gasteiger partial charge in [0.25, 0.3) is 0 Å². The second-order valence-corrected chi connectivity index (χ2v) is 6.63. The highest BCUT2D eigenvalue weighted by Crippen LogP contribution is 2.48. The van der Waals surface area contributed by atoms with E-state index in [0.717, 1.165) is 18.7 Å². The first-order valence-corrected chi connectivity index (χ1v) is 6.81. The SMILES string of the molecule is COc1cccc(CC2(CNC(C)(C)C)CC2)c1. The van der Waals surface area contributed by atoms with Crippen molar-refractivity contribution in [2.75, 3.05) is 13.7 Å². The van der Waals surface area contributed by atoms with Gasteiger partial charge in [-0.2, -0.15) is 0 Å². The van der Waals surface area contributed by atoms with Crippen molar-refractivity contribution < 1.29 is 4.74 Å². The van der Waals surface area contributed by atoms with E-state index in [2.05, 4.69) is 44.3 Å². The molecular formula is C16H25NO. The van der Waals surface area contributed by atoms with Gasteiger partial charge in [0, 0.05) is 12.1 Å². The van der Waals surface area contributed by atoms with Crippen LogP contribution in [0.15, 0.2) is 24.3 Å². The highest BCUT2D eigenvalue weighted by molar-refractivity contribution is 5.30. The highest BCUT2D eigenvalue weighted by Gasteiger charge is 2.42. The van der Waals surface area contributed by atoms with Gasteiger partial charge in [0.15, 0.2) is 0 Å². The quantitative estimate of drug-likeness (QED) is 0.861. The Morgan fingerprint density at radius 2 is 2.00 bits per heavy atom. The Morgan fingerprint density at radius 1 is 1.28 bits per heavy atom. The Labute approximate surface area is 111 Å². The van der Waals surface area contributed by atoms with Crippen LogP contribution in [0, 0.1) is 5.41 Å². The molecule has 18 heavy (non-hydrogen) atoms. The van der Waals surface area contributed by atoms with Gasteiger partial charge in [0.2, 0.25) is 0 Å². The van der Waals surface area contributed by atoms with E-state index < -0.39 is 0 Å². The summed E-state index contributed by atoms with van der Waals surface area (Å²) in [5, 5.41) is 3.64. The van der Waals surface area contributed by atoms with E-state index in [9.17, 15) is 0 Å². The van der Waals surface area contributed by atoms with Crippen LogP contribution in [0.2, 0.25) is 0 Å². The lowest BCUT2D eigenvalue weighted by Crippen LogP contribution is -2.40. The summed E-state index contributed by atoms with van der Waals surface area (Å²) in [6, 6.07) is 8.47. The van der Waals surface area contributed by atoms with E-state index >= 15 is 0 Å². The molecule has 0 amide bonds. The molecule has 1 N–H and O–H groups in total. The summed E-state index contributed by atoms with van der Waals surface area (Å²) < 4.78 is 5.29. The van der Waals surface area contributed by atoms with Crippen molar-refractivity contribution in [3.8, 4) is 5.75 Å². The van der Waals surface area contributed by atoms with Crippen molar-refractivity contribution in [2.24, 2.45) is 5.41 Å². The van der Waals surface area contributed by atoms with E-state index in [1.165, 1.54) is 18.4 Å². The molecule has 0 bridgehead atoms. The molecular weight excluding hydrogens is 222 g/mol. The van der Waals surface area contributed by atoms with Crippen LogP contribution in [-0.4, -0.2) is 19.2 Å². The Hall–Kier alpha value is -1.02. The smallest absolute Gasteiger partial charge is 0.119 e. The van der Waals surface area contributed by atoms with Gasteiger partial charge >= 0.3 is 0 Å². The van der Waals surface area contributed by atoms with Crippen molar-refractivity contribution in [1.29, 1.82) is 0 Å². The summed E-state index contributed by atoms with van der Waals surface area (Å²) >= 11 is 0. The van der Waals surface area contributed by atoms with Gasteiger partial charge in [0.05, 0.1) is 7.11 Å². The summed E-state index contributed by atoms with van der Waals surface area (Å²) in [6.07, 6.45) is 3.84. The van der Waals surface area contributed by atoms with Crippen molar-refractivity contribution in [2.45, 2.75) is 45.6 Å². The zero-order valence-electron chi connectivity index (χ0n) is 12.0. The number of nitrogens with one attached hydrogen (secondary N) is 1. The third kappa shape index (κ3) is 3.74. The molecule has 1 aliphatic rings. The zero-order valence-corrected chi connectivity index (χ0v) is 12.0. The summed E-state index contributed by atoms with van der Waals surface area (Å²) in [6.45, 7) is 7.81. The maximum Gasteiger partial charge on any atom is 0.119 e. The lowest BCUT2D eigenvalue weighted by Gasteiger charge is -2.25. The minimum atomic E-state index is 0.212. The predicted molar refractivity (Wildman–Crippen MR) is 76.1 cm³/mol. The maximum absolute atomic E-state index is 5.29. The maximum atomic E-state index is 5.29. The van der Waals surface area contributed by atoms with Crippen molar-refractivity contribution in [1.82, 2.24) is 5.32 Å². The largest absolute Gasteiger partial charge is 0.497 e. The second kappa shape index (κ2) is 4.93. The Bertz CT molecular complexity index is 402. The van der Waals surface area contributed by atoms with E-state index in [1.807, 2.05) is 6.07 Å². The lowest BCUT2D eigenvalue weighted by molar-refractivity contribution is 0.355. The average molecular weight is 247 g/mol. The van der Waals surface area contributed by atoms with Crippen molar-refractivity contribution in [3.05, 3.63) is 29.8 Å². The van der Waals surface area contributed by atoms with E-state index in [0.29, 0.717) is 5.41 Å². The minimum Gasteiger partial charge on any atom is -0.497 e. The van der Waals surface area contributed by atoms with Gasteiger partial charge in [-0.1, -0.05) is 12.1 Å². The number of rotatable bonds is 5. The average Bonchev–Trinajstić information content (AvgIpc) is 3.06. The normalized spacial score (nSPS) is 17.6. The molecule has 0 unspecified atom stereocenters. The van der Waals surface area contributed by atoms with Crippen molar-refractivity contribution in [3.63, 3.8) is 0 Å². The zero-order chi connectivity index (χ0) is 13.2. The molecule has 1 aliphatic carbocycles. The monoisotopic (exact) mass is 247 g/mol. The van der Waals surface area contributed by atoms with Crippen LogP contribution in [0.1, 0.15) is 39.2 Å².